The van der Waals surface area contributed by atoms with Gasteiger partial charge in [0.15, 0.2) is 0 Å². The molecule has 3 aromatic carbocycles. The van der Waals surface area contributed by atoms with Crippen LogP contribution in [-0.4, -0.2) is 16.7 Å². The molecule has 1 aliphatic rings. The molecule has 0 fully saturated rings. The van der Waals surface area contributed by atoms with Gasteiger partial charge >= 0.3 is 0 Å². The summed E-state index contributed by atoms with van der Waals surface area (Å²) < 4.78 is 0. The van der Waals surface area contributed by atoms with Gasteiger partial charge in [-0.25, -0.2) is 0 Å². The predicted octanol–water partition coefficient (Wildman–Crippen LogP) is 4.68. The summed E-state index contributed by atoms with van der Waals surface area (Å²) >= 11 is 6.01. The van der Waals surface area contributed by atoms with Crippen molar-refractivity contribution in [3.8, 4) is 0 Å². The van der Waals surface area contributed by atoms with E-state index in [0.29, 0.717) is 28.4 Å². The first-order chi connectivity index (χ1) is 13.1. The highest BCUT2D eigenvalue weighted by atomic mass is 35.5. The standard InChI is InChI=1S/C22H17ClN2O2/c23-17-12-10-16(11-13-17)20-21(26)24-19-9-5-4-8-18(19)22(27)25(20)14-15-6-2-1-3-7-15/h1-13,20H,14H2,(H,24,26). The summed E-state index contributed by atoms with van der Waals surface area (Å²) in [6, 6.07) is 23.0. The van der Waals surface area contributed by atoms with Crippen LogP contribution in [0.3, 0.4) is 0 Å². The average Bonchev–Trinajstić information content (AvgIpc) is 2.79. The van der Waals surface area contributed by atoms with Crippen molar-refractivity contribution in [3.05, 3.63) is 101 Å². The zero-order valence-electron chi connectivity index (χ0n) is 14.4. The van der Waals surface area contributed by atoms with Gasteiger partial charge in [0.2, 0.25) is 0 Å². The van der Waals surface area contributed by atoms with Gasteiger partial charge in [-0.1, -0.05) is 66.2 Å². The molecule has 1 N–H and O–H groups in total. The smallest absolute Gasteiger partial charge is 0.257 e. The quantitative estimate of drug-likeness (QED) is 0.721. The molecule has 5 heteroatoms. The largest absolute Gasteiger partial charge is 0.323 e. The van der Waals surface area contributed by atoms with Gasteiger partial charge in [0, 0.05) is 11.6 Å². The van der Waals surface area contributed by atoms with Crippen LogP contribution in [0.25, 0.3) is 0 Å². The van der Waals surface area contributed by atoms with Crippen LogP contribution < -0.4 is 5.32 Å². The first-order valence-electron chi connectivity index (χ1n) is 8.64. The lowest BCUT2D eigenvalue weighted by Gasteiger charge is -2.29. The van der Waals surface area contributed by atoms with E-state index in [2.05, 4.69) is 5.32 Å². The van der Waals surface area contributed by atoms with E-state index >= 15 is 0 Å². The molecular formula is C22H17ClN2O2. The minimum atomic E-state index is -0.748. The summed E-state index contributed by atoms with van der Waals surface area (Å²) in [6.45, 7) is 0.328. The van der Waals surface area contributed by atoms with E-state index in [1.165, 1.54) is 0 Å². The number of amides is 2. The van der Waals surface area contributed by atoms with Crippen molar-refractivity contribution >= 4 is 29.1 Å². The Labute approximate surface area is 162 Å². The summed E-state index contributed by atoms with van der Waals surface area (Å²) in [5, 5.41) is 3.48. The third kappa shape index (κ3) is 3.44. The molecule has 27 heavy (non-hydrogen) atoms. The summed E-state index contributed by atoms with van der Waals surface area (Å²) in [5.74, 6) is -0.431. The number of hydrogen-bond acceptors (Lipinski definition) is 2. The molecule has 4 rings (SSSR count). The predicted molar refractivity (Wildman–Crippen MR) is 106 cm³/mol. The van der Waals surface area contributed by atoms with E-state index in [4.69, 9.17) is 11.6 Å². The van der Waals surface area contributed by atoms with E-state index in [1.54, 1.807) is 53.4 Å². The van der Waals surface area contributed by atoms with Crippen molar-refractivity contribution in [3.63, 3.8) is 0 Å². The lowest BCUT2D eigenvalue weighted by atomic mass is 10.0. The van der Waals surface area contributed by atoms with Crippen LogP contribution in [0.5, 0.6) is 0 Å². The van der Waals surface area contributed by atoms with Gasteiger partial charge in [-0.2, -0.15) is 0 Å². The molecule has 0 aliphatic carbocycles. The monoisotopic (exact) mass is 376 g/mol. The highest BCUT2D eigenvalue weighted by molar-refractivity contribution is 6.30. The number of nitrogens with zero attached hydrogens (tertiary/aromatic N) is 1. The molecule has 0 saturated carbocycles. The molecule has 2 amide bonds. The summed E-state index contributed by atoms with van der Waals surface area (Å²) in [5.41, 5.74) is 2.69. The fraction of sp³-hybridized carbons (Fsp3) is 0.0909. The Morgan fingerprint density at radius 3 is 2.26 bits per heavy atom. The summed E-state index contributed by atoms with van der Waals surface area (Å²) in [6.07, 6.45) is 0. The normalized spacial score (nSPS) is 16.5. The van der Waals surface area contributed by atoms with E-state index in [0.717, 1.165) is 5.56 Å². The lowest BCUT2D eigenvalue weighted by Crippen LogP contribution is -2.38. The molecule has 0 radical (unpaired) electrons. The first kappa shape index (κ1) is 17.3. The Hall–Kier alpha value is -3.11. The number of fused-ring (bicyclic) bond motifs is 1. The van der Waals surface area contributed by atoms with Gasteiger partial charge < -0.3 is 10.2 Å². The van der Waals surface area contributed by atoms with Crippen molar-refractivity contribution in [2.75, 3.05) is 5.32 Å². The van der Waals surface area contributed by atoms with Crippen molar-refractivity contribution in [2.45, 2.75) is 12.6 Å². The second-order valence-corrected chi connectivity index (χ2v) is 6.84. The number of carbonyl (C=O) groups excluding carboxylic acids is 2. The number of nitrogens with one attached hydrogen (secondary N) is 1. The number of para-hydroxylation sites is 1. The number of carbonyl (C=O) groups is 2. The topological polar surface area (TPSA) is 49.4 Å². The van der Waals surface area contributed by atoms with E-state index < -0.39 is 6.04 Å². The third-order valence-corrected chi connectivity index (χ3v) is 4.87. The number of rotatable bonds is 3. The number of hydrogen-bond donors (Lipinski definition) is 1. The third-order valence-electron chi connectivity index (χ3n) is 4.62. The average molecular weight is 377 g/mol. The molecule has 0 aromatic heterocycles. The molecule has 1 unspecified atom stereocenters. The summed E-state index contributed by atoms with van der Waals surface area (Å²) in [7, 11) is 0. The highest BCUT2D eigenvalue weighted by Gasteiger charge is 2.36. The van der Waals surface area contributed by atoms with Crippen molar-refractivity contribution < 1.29 is 9.59 Å². The highest BCUT2D eigenvalue weighted by Crippen LogP contribution is 2.32. The number of benzene rings is 3. The van der Waals surface area contributed by atoms with Gasteiger partial charge in [0.1, 0.15) is 6.04 Å². The zero-order chi connectivity index (χ0) is 18.8. The van der Waals surface area contributed by atoms with Crippen molar-refractivity contribution in [2.24, 2.45) is 0 Å². The van der Waals surface area contributed by atoms with Crippen LogP contribution in [0.4, 0.5) is 5.69 Å². The molecular weight excluding hydrogens is 360 g/mol. The molecule has 1 aliphatic heterocycles. The van der Waals surface area contributed by atoms with Gasteiger partial charge in [-0.3, -0.25) is 9.59 Å². The van der Waals surface area contributed by atoms with Crippen LogP contribution in [0.15, 0.2) is 78.9 Å². The van der Waals surface area contributed by atoms with Crippen LogP contribution in [-0.2, 0) is 11.3 Å². The number of halogens is 1. The molecule has 0 bridgehead atoms. The maximum absolute atomic E-state index is 13.3. The Morgan fingerprint density at radius 2 is 1.52 bits per heavy atom. The van der Waals surface area contributed by atoms with Crippen LogP contribution in [0, 0.1) is 0 Å². The second kappa shape index (κ2) is 7.25. The lowest BCUT2D eigenvalue weighted by molar-refractivity contribution is -0.120. The Kier molecular flexibility index (Phi) is 4.65. The molecule has 0 spiro atoms. The minimum absolute atomic E-state index is 0.187. The zero-order valence-corrected chi connectivity index (χ0v) is 15.2. The van der Waals surface area contributed by atoms with Crippen molar-refractivity contribution in [1.82, 2.24) is 4.90 Å². The minimum Gasteiger partial charge on any atom is -0.323 e. The van der Waals surface area contributed by atoms with Crippen LogP contribution in [0.2, 0.25) is 5.02 Å². The molecule has 1 atom stereocenters. The van der Waals surface area contributed by atoms with E-state index in [-0.39, 0.29) is 11.8 Å². The van der Waals surface area contributed by atoms with E-state index in [9.17, 15) is 9.59 Å². The van der Waals surface area contributed by atoms with Gasteiger partial charge in [-0.15, -0.1) is 0 Å². The fourth-order valence-corrected chi connectivity index (χ4v) is 3.44. The molecule has 4 nitrogen and oxygen atoms in total. The van der Waals surface area contributed by atoms with Crippen molar-refractivity contribution in [1.29, 1.82) is 0 Å². The van der Waals surface area contributed by atoms with Crippen LogP contribution >= 0.6 is 11.6 Å². The molecule has 3 aromatic rings. The van der Waals surface area contributed by atoms with E-state index in [1.807, 2.05) is 30.3 Å². The number of anilines is 1. The van der Waals surface area contributed by atoms with Crippen LogP contribution in [0.1, 0.15) is 27.5 Å². The maximum Gasteiger partial charge on any atom is 0.257 e. The SMILES string of the molecule is O=C1Nc2ccccc2C(=O)N(Cc2ccccc2)C1c1ccc(Cl)cc1. The second-order valence-electron chi connectivity index (χ2n) is 6.41. The Balaban J connectivity index is 1.82. The fourth-order valence-electron chi connectivity index (χ4n) is 3.31. The molecule has 0 saturated heterocycles. The maximum atomic E-state index is 13.3. The Morgan fingerprint density at radius 1 is 0.852 bits per heavy atom. The van der Waals surface area contributed by atoms with Gasteiger partial charge in [0.25, 0.3) is 11.8 Å². The summed E-state index contributed by atoms with van der Waals surface area (Å²) in [4.78, 5) is 28.0. The molecule has 1 heterocycles. The first-order valence-corrected chi connectivity index (χ1v) is 9.01. The molecule has 134 valence electrons. The van der Waals surface area contributed by atoms with Gasteiger partial charge in [0.05, 0.1) is 11.3 Å². The van der Waals surface area contributed by atoms with Gasteiger partial charge in [-0.05, 0) is 35.4 Å². The Bertz CT molecular complexity index is 987.